The Labute approximate surface area is 240 Å². The number of sulfonamides is 1. The van der Waals surface area contributed by atoms with Crippen molar-refractivity contribution < 1.29 is 18.0 Å². The zero-order chi connectivity index (χ0) is 28.7. The van der Waals surface area contributed by atoms with E-state index in [4.69, 9.17) is 23.2 Å². The van der Waals surface area contributed by atoms with E-state index in [1.54, 1.807) is 67.6 Å². The third-order valence-electron chi connectivity index (χ3n) is 6.44. The summed E-state index contributed by atoms with van der Waals surface area (Å²) in [6.45, 7) is 6.85. The molecule has 3 aromatic carbocycles. The molecule has 0 aliphatic carbocycles. The summed E-state index contributed by atoms with van der Waals surface area (Å²) < 4.78 is 28.6. The van der Waals surface area contributed by atoms with Crippen LogP contribution in [-0.4, -0.2) is 43.8 Å². The first-order chi connectivity index (χ1) is 18.4. The third kappa shape index (κ3) is 7.75. The number of nitrogens with zero attached hydrogens (tertiary/aromatic N) is 2. The minimum Gasteiger partial charge on any atom is -0.352 e. The number of anilines is 1. The molecular weight excluding hydrogens is 557 g/mol. The Bertz CT molecular complexity index is 1400. The highest BCUT2D eigenvalue weighted by atomic mass is 35.5. The van der Waals surface area contributed by atoms with E-state index < -0.39 is 28.5 Å². The van der Waals surface area contributed by atoms with Crippen LogP contribution in [0.3, 0.4) is 0 Å². The maximum Gasteiger partial charge on any atom is 0.264 e. The average Bonchev–Trinajstić information content (AvgIpc) is 2.92. The van der Waals surface area contributed by atoms with Crippen molar-refractivity contribution in [3.63, 3.8) is 0 Å². The smallest absolute Gasteiger partial charge is 0.264 e. The molecule has 0 saturated heterocycles. The number of aryl methyl sites for hydroxylation is 1. The van der Waals surface area contributed by atoms with E-state index >= 15 is 0 Å². The molecular formula is C29H33Cl2N3O4S. The predicted molar refractivity (Wildman–Crippen MR) is 157 cm³/mol. The van der Waals surface area contributed by atoms with Crippen LogP contribution in [0, 0.1) is 6.92 Å². The van der Waals surface area contributed by atoms with Crippen molar-refractivity contribution >= 4 is 50.7 Å². The fourth-order valence-corrected chi connectivity index (χ4v) is 5.60. The van der Waals surface area contributed by atoms with Crippen molar-refractivity contribution in [1.82, 2.24) is 10.2 Å². The number of hydrogen-bond acceptors (Lipinski definition) is 4. The Morgan fingerprint density at radius 2 is 1.56 bits per heavy atom. The third-order valence-corrected chi connectivity index (χ3v) is 8.96. The lowest BCUT2D eigenvalue weighted by Crippen LogP contribution is -2.52. The van der Waals surface area contributed by atoms with Gasteiger partial charge in [-0.05, 0) is 69.2 Å². The topological polar surface area (TPSA) is 86.8 Å². The Morgan fingerprint density at radius 1 is 0.923 bits per heavy atom. The van der Waals surface area contributed by atoms with Crippen LogP contribution in [0.25, 0.3) is 0 Å². The maximum atomic E-state index is 13.9. The van der Waals surface area contributed by atoms with Gasteiger partial charge >= 0.3 is 0 Å². The molecule has 39 heavy (non-hydrogen) atoms. The summed E-state index contributed by atoms with van der Waals surface area (Å²) in [5, 5.41) is 3.58. The number of benzene rings is 3. The summed E-state index contributed by atoms with van der Waals surface area (Å²) in [5.74, 6) is -0.890. The second-order valence-electron chi connectivity index (χ2n) is 9.42. The van der Waals surface area contributed by atoms with Crippen molar-refractivity contribution in [1.29, 1.82) is 0 Å². The van der Waals surface area contributed by atoms with Gasteiger partial charge in [-0.2, -0.15) is 0 Å². The molecule has 0 radical (unpaired) electrons. The van der Waals surface area contributed by atoms with Gasteiger partial charge in [0.1, 0.15) is 12.6 Å². The maximum absolute atomic E-state index is 13.9. The van der Waals surface area contributed by atoms with Gasteiger partial charge in [0.05, 0.1) is 20.6 Å². The molecule has 0 aliphatic heterocycles. The minimum absolute atomic E-state index is 0.0257. The molecule has 0 heterocycles. The second-order valence-corrected chi connectivity index (χ2v) is 12.1. The number of carbonyl (C=O) groups excluding carboxylic acids is 2. The van der Waals surface area contributed by atoms with E-state index in [9.17, 15) is 18.0 Å². The molecule has 0 spiro atoms. The van der Waals surface area contributed by atoms with Gasteiger partial charge in [-0.15, -0.1) is 0 Å². The molecule has 1 N–H and O–H groups in total. The van der Waals surface area contributed by atoms with Crippen LogP contribution in [0.2, 0.25) is 10.0 Å². The highest BCUT2D eigenvalue weighted by Crippen LogP contribution is 2.26. The van der Waals surface area contributed by atoms with E-state index in [1.165, 1.54) is 17.0 Å². The van der Waals surface area contributed by atoms with Crippen molar-refractivity contribution in [2.75, 3.05) is 10.8 Å². The summed E-state index contributed by atoms with van der Waals surface area (Å²) in [7, 11) is -4.10. The first kappa shape index (κ1) is 30.5. The number of halogens is 2. The fraction of sp³-hybridized carbons (Fsp3) is 0.310. The first-order valence-electron chi connectivity index (χ1n) is 12.6. The Kier molecular flexibility index (Phi) is 10.4. The lowest BCUT2D eigenvalue weighted by molar-refractivity contribution is -0.139. The van der Waals surface area contributed by atoms with E-state index in [0.717, 1.165) is 16.3 Å². The second kappa shape index (κ2) is 13.3. The SMILES string of the molecule is CC[C@@H](C)NC(=O)[C@H](C)N(Cc1ccc(Cl)c(Cl)c1)C(=O)CN(c1ccc(C)cc1)S(=O)(=O)c1ccccc1. The lowest BCUT2D eigenvalue weighted by Gasteiger charge is -2.32. The number of hydrogen-bond donors (Lipinski definition) is 1. The molecule has 0 aliphatic rings. The highest BCUT2D eigenvalue weighted by molar-refractivity contribution is 7.92. The average molecular weight is 591 g/mol. The summed E-state index contributed by atoms with van der Waals surface area (Å²) in [6.07, 6.45) is 0.718. The molecule has 10 heteroatoms. The van der Waals surface area contributed by atoms with Gasteiger partial charge in [-0.1, -0.05) is 72.1 Å². The van der Waals surface area contributed by atoms with Crippen LogP contribution in [0.4, 0.5) is 5.69 Å². The van der Waals surface area contributed by atoms with Crippen LogP contribution in [-0.2, 0) is 26.2 Å². The van der Waals surface area contributed by atoms with Crippen LogP contribution in [0.5, 0.6) is 0 Å². The van der Waals surface area contributed by atoms with Crippen LogP contribution < -0.4 is 9.62 Å². The number of carbonyl (C=O) groups is 2. The molecule has 0 unspecified atom stereocenters. The monoisotopic (exact) mass is 589 g/mol. The van der Waals surface area contributed by atoms with E-state index in [0.29, 0.717) is 21.3 Å². The Hall–Kier alpha value is -3.07. The van der Waals surface area contributed by atoms with Crippen molar-refractivity contribution in [3.8, 4) is 0 Å². The first-order valence-corrected chi connectivity index (χ1v) is 14.8. The van der Waals surface area contributed by atoms with Gasteiger partial charge in [0.25, 0.3) is 10.0 Å². The molecule has 0 bridgehead atoms. The fourth-order valence-electron chi connectivity index (χ4n) is 3.84. The van der Waals surface area contributed by atoms with E-state index in [2.05, 4.69) is 5.32 Å². The number of nitrogens with one attached hydrogen (secondary N) is 1. The van der Waals surface area contributed by atoms with Gasteiger partial charge in [0, 0.05) is 12.6 Å². The minimum atomic E-state index is -4.10. The number of amides is 2. The Balaban J connectivity index is 2.02. The molecule has 7 nitrogen and oxygen atoms in total. The molecule has 3 aromatic rings. The predicted octanol–water partition coefficient (Wildman–Crippen LogP) is 5.83. The van der Waals surface area contributed by atoms with E-state index in [1.807, 2.05) is 20.8 Å². The largest absolute Gasteiger partial charge is 0.352 e. The van der Waals surface area contributed by atoms with Gasteiger partial charge in [0.2, 0.25) is 11.8 Å². The highest BCUT2D eigenvalue weighted by Gasteiger charge is 2.32. The molecule has 0 fully saturated rings. The van der Waals surface area contributed by atoms with Crippen LogP contribution in [0.15, 0.2) is 77.7 Å². The number of rotatable bonds is 11. The van der Waals surface area contributed by atoms with Crippen molar-refractivity contribution in [2.45, 2.75) is 57.6 Å². The van der Waals surface area contributed by atoms with Gasteiger partial charge < -0.3 is 10.2 Å². The summed E-state index contributed by atoms with van der Waals surface area (Å²) >= 11 is 12.3. The van der Waals surface area contributed by atoms with Gasteiger partial charge in [-0.3, -0.25) is 13.9 Å². The summed E-state index contributed by atoms with van der Waals surface area (Å²) in [6, 6.07) is 18.8. The summed E-state index contributed by atoms with van der Waals surface area (Å²) in [4.78, 5) is 28.4. The van der Waals surface area contributed by atoms with Gasteiger partial charge in [-0.25, -0.2) is 8.42 Å². The van der Waals surface area contributed by atoms with Crippen molar-refractivity contribution in [3.05, 3.63) is 94.0 Å². The van der Waals surface area contributed by atoms with Crippen molar-refractivity contribution in [2.24, 2.45) is 0 Å². The molecule has 3 rings (SSSR count). The lowest BCUT2D eigenvalue weighted by atomic mass is 10.1. The molecule has 208 valence electrons. The quantitative estimate of drug-likeness (QED) is 0.305. The van der Waals surface area contributed by atoms with Gasteiger partial charge in [0.15, 0.2) is 0 Å². The molecule has 0 saturated carbocycles. The van der Waals surface area contributed by atoms with Crippen LogP contribution in [0.1, 0.15) is 38.3 Å². The summed E-state index contributed by atoms with van der Waals surface area (Å²) in [5.41, 5.74) is 1.93. The van der Waals surface area contributed by atoms with Crippen LogP contribution >= 0.6 is 23.2 Å². The van der Waals surface area contributed by atoms with E-state index in [-0.39, 0.29) is 23.4 Å². The standard InChI is InChI=1S/C29H33Cl2N3O4S/c1-5-21(3)32-29(36)22(4)33(18-23-13-16-26(30)27(31)17-23)28(35)19-34(24-14-11-20(2)12-15-24)39(37,38)25-9-7-6-8-10-25/h6-17,21-22H,5,18-19H2,1-4H3,(H,32,36)/t21-,22+/m1/s1. The zero-order valence-electron chi connectivity index (χ0n) is 22.4. The molecule has 0 aromatic heterocycles. The Morgan fingerprint density at radius 3 is 2.15 bits per heavy atom. The molecule has 2 amide bonds. The normalized spacial score (nSPS) is 12.9. The zero-order valence-corrected chi connectivity index (χ0v) is 24.7. The molecule has 2 atom stereocenters.